The lowest BCUT2D eigenvalue weighted by molar-refractivity contribution is 0.178. The summed E-state index contributed by atoms with van der Waals surface area (Å²) in [5.74, 6) is 1.18. The number of fused-ring (bicyclic) bond motifs is 1. The lowest BCUT2D eigenvalue weighted by atomic mass is 10.2. The van der Waals surface area contributed by atoms with Crippen molar-refractivity contribution >= 4 is 44.0 Å². The minimum atomic E-state index is 0.488. The number of likely N-dealkylation sites (N-methyl/N-ethyl adjacent to an activating group) is 1. The fourth-order valence-corrected chi connectivity index (χ4v) is 3.84. The molecule has 2 aromatic heterocycles. The maximum atomic E-state index is 6.29. The van der Waals surface area contributed by atoms with Crippen LogP contribution < -0.4 is 16.5 Å². The highest BCUT2D eigenvalue weighted by Crippen LogP contribution is 2.32. The molecule has 4 N–H and O–H groups in total. The van der Waals surface area contributed by atoms with Gasteiger partial charge in [0, 0.05) is 26.2 Å². The number of nitrogens with one attached hydrogen (secondary N) is 2. The molecule has 1 fully saturated rings. The Bertz CT molecular complexity index is 916. The van der Waals surface area contributed by atoms with E-state index < -0.39 is 0 Å². The van der Waals surface area contributed by atoms with E-state index >= 15 is 0 Å². The van der Waals surface area contributed by atoms with Gasteiger partial charge >= 0.3 is 0 Å². The summed E-state index contributed by atoms with van der Waals surface area (Å²) in [5, 5.41) is 6.14. The fraction of sp³-hybridized carbons (Fsp3) is 0.353. The van der Waals surface area contributed by atoms with Crippen molar-refractivity contribution in [2.45, 2.75) is 6.92 Å². The highest BCUT2D eigenvalue weighted by molar-refractivity contribution is 7.22. The topological polar surface area (TPSA) is 95.2 Å². The van der Waals surface area contributed by atoms with Crippen molar-refractivity contribution in [1.82, 2.24) is 24.9 Å². The van der Waals surface area contributed by atoms with Crippen LogP contribution in [-0.2, 0) is 0 Å². The second kappa shape index (κ2) is 7.02. The van der Waals surface area contributed by atoms with Gasteiger partial charge < -0.3 is 21.4 Å². The number of hydrogen-bond donors (Lipinski definition) is 3. The summed E-state index contributed by atoms with van der Waals surface area (Å²) in [5.41, 5.74) is 12.2. The van der Waals surface area contributed by atoms with Crippen LogP contribution in [0.15, 0.2) is 24.5 Å². The zero-order valence-electron chi connectivity index (χ0n) is 14.9. The monoisotopic (exact) mass is 370 g/mol. The van der Waals surface area contributed by atoms with E-state index in [1.807, 2.05) is 6.07 Å². The molecule has 0 aliphatic carbocycles. The maximum absolute atomic E-state index is 6.29. The van der Waals surface area contributed by atoms with Crippen LogP contribution in [0, 0.1) is 6.92 Å². The van der Waals surface area contributed by atoms with Crippen LogP contribution in [-0.4, -0.2) is 58.1 Å². The molecular weight excluding hydrogens is 348 g/mol. The quantitative estimate of drug-likeness (QED) is 0.644. The first-order valence-electron chi connectivity index (χ1n) is 8.54. The highest BCUT2D eigenvalue weighted by atomic mass is 32.1. The Hall–Kier alpha value is -2.49. The van der Waals surface area contributed by atoms with Gasteiger partial charge in [0.25, 0.3) is 0 Å². The van der Waals surface area contributed by atoms with E-state index in [1.165, 1.54) is 6.33 Å². The molecule has 0 bridgehead atoms. The van der Waals surface area contributed by atoms with Crippen molar-refractivity contribution in [3.05, 3.63) is 30.1 Å². The van der Waals surface area contributed by atoms with Gasteiger partial charge in [-0.1, -0.05) is 23.5 Å². The molecule has 1 aliphatic heterocycles. The number of thiazole rings is 1. The zero-order chi connectivity index (χ0) is 18.1. The van der Waals surface area contributed by atoms with Crippen molar-refractivity contribution < 1.29 is 0 Å². The average molecular weight is 370 g/mol. The van der Waals surface area contributed by atoms with Crippen molar-refractivity contribution in [3.63, 3.8) is 0 Å². The van der Waals surface area contributed by atoms with Gasteiger partial charge in [-0.05, 0) is 25.6 Å². The number of anilines is 4. The number of benzene rings is 1. The van der Waals surface area contributed by atoms with Gasteiger partial charge in [0.05, 0.1) is 10.2 Å². The van der Waals surface area contributed by atoms with Gasteiger partial charge in [-0.3, -0.25) is 0 Å². The van der Waals surface area contributed by atoms with Crippen LogP contribution in [0.25, 0.3) is 10.2 Å². The lowest BCUT2D eigenvalue weighted by Crippen LogP contribution is -2.47. The molecule has 0 unspecified atom stereocenters. The van der Waals surface area contributed by atoms with Gasteiger partial charge in [-0.15, -0.1) is 0 Å². The predicted molar refractivity (Wildman–Crippen MR) is 107 cm³/mol. The number of aryl methyl sites for hydroxylation is 1. The van der Waals surface area contributed by atoms with Gasteiger partial charge in [0.15, 0.2) is 16.8 Å². The van der Waals surface area contributed by atoms with Gasteiger partial charge in [-0.2, -0.15) is 0 Å². The van der Waals surface area contributed by atoms with Crippen molar-refractivity contribution in [2.24, 2.45) is 0 Å². The normalized spacial score (nSPS) is 16.1. The third-order valence-electron chi connectivity index (χ3n) is 4.50. The van der Waals surface area contributed by atoms with E-state index in [0.29, 0.717) is 17.3 Å². The summed E-state index contributed by atoms with van der Waals surface area (Å²) in [6.07, 6.45) is 1.51. The Morgan fingerprint density at radius 1 is 1.12 bits per heavy atom. The van der Waals surface area contributed by atoms with Crippen molar-refractivity contribution in [3.8, 4) is 0 Å². The number of hydrazine groups is 1. The second-order valence-electron chi connectivity index (χ2n) is 6.45. The first-order chi connectivity index (χ1) is 12.6. The standard InChI is InChI=1S/C17H22N8S/c1-11-4-3-5-12-14(11)21-17(26-12)22-15-13(18)16(20-10-19-15)23-25-8-6-24(2)7-9-25/h3-5,10H,6-9,18H2,1-2H3,(H2,19,20,21,22,23). The fourth-order valence-electron chi connectivity index (χ4n) is 2.89. The van der Waals surface area contributed by atoms with E-state index in [4.69, 9.17) is 5.73 Å². The molecule has 26 heavy (non-hydrogen) atoms. The minimum Gasteiger partial charge on any atom is -0.393 e. The molecule has 8 nitrogen and oxygen atoms in total. The summed E-state index contributed by atoms with van der Waals surface area (Å²) in [4.78, 5) is 15.5. The number of para-hydroxylation sites is 1. The van der Waals surface area contributed by atoms with Crippen LogP contribution in [0.3, 0.4) is 0 Å². The number of hydrogen-bond acceptors (Lipinski definition) is 9. The SMILES string of the molecule is Cc1cccc2sc(Nc3ncnc(NN4CCN(C)CC4)c3N)nc12. The molecular formula is C17H22N8S. The summed E-state index contributed by atoms with van der Waals surface area (Å²) in [6.45, 7) is 5.91. The van der Waals surface area contributed by atoms with Crippen LogP contribution in [0.5, 0.6) is 0 Å². The molecule has 0 spiro atoms. The van der Waals surface area contributed by atoms with Crippen LogP contribution in [0.4, 0.5) is 22.5 Å². The summed E-state index contributed by atoms with van der Waals surface area (Å²) >= 11 is 1.58. The van der Waals surface area contributed by atoms with E-state index in [9.17, 15) is 0 Å². The largest absolute Gasteiger partial charge is 0.393 e. The van der Waals surface area contributed by atoms with E-state index in [2.05, 4.69) is 61.7 Å². The smallest absolute Gasteiger partial charge is 0.189 e. The molecule has 136 valence electrons. The molecule has 0 saturated carbocycles. The van der Waals surface area contributed by atoms with Crippen LogP contribution >= 0.6 is 11.3 Å². The predicted octanol–water partition coefficient (Wildman–Crippen LogP) is 2.29. The van der Waals surface area contributed by atoms with Gasteiger partial charge in [0.2, 0.25) is 0 Å². The Balaban J connectivity index is 1.54. The van der Waals surface area contributed by atoms with E-state index in [-0.39, 0.29) is 0 Å². The first-order valence-corrected chi connectivity index (χ1v) is 9.35. The van der Waals surface area contributed by atoms with E-state index in [1.54, 1.807) is 11.3 Å². The molecule has 0 atom stereocenters. The molecule has 9 heteroatoms. The number of rotatable bonds is 4. The number of nitrogen functional groups attached to an aromatic ring is 1. The number of nitrogens with two attached hydrogens (primary N) is 1. The molecule has 1 aliphatic rings. The van der Waals surface area contributed by atoms with Crippen molar-refractivity contribution in [1.29, 1.82) is 0 Å². The molecule has 3 aromatic rings. The van der Waals surface area contributed by atoms with E-state index in [0.717, 1.165) is 47.1 Å². The van der Waals surface area contributed by atoms with Gasteiger partial charge in [-0.25, -0.2) is 20.0 Å². The number of aromatic nitrogens is 3. The van der Waals surface area contributed by atoms with Gasteiger partial charge in [0.1, 0.15) is 12.0 Å². The maximum Gasteiger partial charge on any atom is 0.189 e. The summed E-state index contributed by atoms with van der Waals surface area (Å²) in [6, 6.07) is 6.16. The highest BCUT2D eigenvalue weighted by Gasteiger charge is 2.17. The Labute approximate surface area is 156 Å². The average Bonchev–Trinajstić information content (AvgIpc) is 3.04. The Kier molecular flexibility index (Phi) is 4.58. The summed E-state index contributed by atoms with van der Waals surface area (Å²) in [7, 11) is 2.12. The minimum absolute atomic E-state index is 0.488. The zero-order valence-corrected chi connectivity index (χ0v) is 15.7. The third-order valence-corrected chi connectivity index (χ3v) is 5.43. The molecule has 4 rings (SSSR count). The molecule has 0 radical (unpaired) electrons. The van der Waals surface area contributed by atoms with Crippen LogP contribution in [0.2, 0.25) is 0 Å². The summed E-state index contributed by atoms with van der Waals surface area (Å²) < 4.78 is 1.14. The second-order valence-corrected chi connectivity index (χ2v) is 7.48. The van der Waals surface area contributed by atoms with Crippen LogP contribution in [0.1, 0.15) is 5.56 Å². The molecule has 1 saturated heterocycles. The molecule has 0 amide bonds. The Morgan fingerprint density at radius 3 is 2.65 bits per heavy atom. The Morgan fingerprint density at radius 2 is 1.88 bits per heavy atom. The first kappa shape index (κ1) is 17.0. The molecule has 3 heterocycles. The molecule has 1 aromatic carbocycles. The number of piperazine rings is 1. The third kappa shape index (κ3) is 3.41. The lowest BCUT2D eigenvalue weighted by Gasteiger charge is -2.32. The van der Waals surface area contributed by atoms with Crippen molar-refractivity contribution in [2.75, 3.05) is 49.7 Å². The number of nitrogens with zero attached hydrogens (tertiary/aromatic N) is 5.